The summed E-state index contributed by atoms with van der Waals surface area (Å²) in [6.07, 6.45) is -13.6. The summed E-state index contributed by atoms with van der Waals surface area (Å²) < 4.78 is 163. The summed E-state index contributed by atoms with van der Waals surface area (Å²) in [6.45, 7) is 0. The highest BCUT2D eigenvalue weighted by Gasteiger charge is 2.83. The maximum atomic E-state index is 13.0. The zero-order valence-electron chi connectivity index (χ0n) is 9.82. The van der Waals surface area contributed by atoms with Crippen LogP contribution in [0.5, 0.6) is 0 Å². The van der Waals surface area contributed by atoms with Crippen molar-refractivity contribution in [3.63, 3.8) is 0 Å². The van der Waals surface area contributed by atoms with Gasteiger partial charge in [-0.1, -0.05) is 0 Å². The Bertz CT molecular complexity index is 440. The molecule has 0 aliphatic carbocycles. The van der Waals surface area contributed by atoms with Crippen LogP contribution in [0.25, 0.3) is 0 Å². The highest BCUT2D eigenvalue weighted by Crippen LogP contribution is 2.56. The largest absolute Gasteiger partial charge is 0.492 e. The molecule has 0 aromatic heterocycles. The van der Waals surface area contributed by atoms with E-state index in [1.807, 2.05) is 0 Å². The van der Waals surface area contributed by atoms with E-state index >= 15 is 0 Å². The lowest BCUT2D eigenvalue weighted by molar-refractivity contribution is -0.393. The van der Waals surface area contributed by atoms with Gasteiger partial charge in [-0.25, -0.2) is 0 Å². The number of methoxy groups -OCH3 is 1. The highest BCUT2D eigenvalue weighted by molar-refractivity contribution is 5.21. The minimum atomic E-state index is -7.47. The monoisotopic (exact) mass is 362 g/mol. The minimum absolute atomic E-state index is 0.254. The maximum absolute atomic E-state index is 13.0. The molecule has 132 valence electrons. The Hall–Kier alpha value is -1.37. The Morgan fingerprint density at radius 2 is 1.05 bits per heavy atom. The summed E-state index contributed by atoms with van der Waals surface area (Å²) in [5.74, 6) is -29.7. The fourth-order valence-corrected chi connectivity index (χ4v) is 1.00. The number of hydrogen-bond acceptors (Lipinski definition) is 1. The van der Waals surface area contributed by atoms with Gasteiger partial charge in [-0.2, -0.15) is 57.1 Å². The second-order valence-corrected chi connectivity index (χ2v) is 3.57. The van der Waals surface area contributed by atoms with Gasteiger partial charge in [0.05, 0.1) is 7.11 Å². The SMILES string of the molecule is COC(=C(F)C(F)(F)F)C(F)(F)C(F)(F)C(F)(F)C(F)(F)F. The molecule has 0 heterocycles. The van der Waals surface area contributed by atoms with Crippen molar-refractivity contribution in [1.82, 2.24) is 0 Å². The molecule has 1 nitrogen and oxygen atoms in total. The van der Waals surface area contributed by atoms with Crippen molar-refractivity contribution in [2.75, 3.05) is 7.11 Å². The van der Waals surface area contributed by atoms with Gasteiger partial charge in [0.15, 0.2) is 0 Å². The Labute approximate surface area is 112 Å². The predicted octanol–water partition coefficient (Wildman–Crippen LogP) is 4.84. The van der Waals surface area contributed by atoms with Crippen LogP contribution in [0, 0.1) is 0 Å². The van der Waals surface area contributed by atoms with Crippen LogP contribution in [0.15, 0.2) is 11.6 Å². The second-order valence-electron chi connectivity index (χ2n) is 3.57. The van der Waals surface area contributed by atoms with Crippen LogP contribution < -0.4 is 0 Å². The molecule has 0 fully saturated rings. The first kappa shape index (κ1) is 20.6. The van der Waals surface area contributed by atoms with Gasteiger partial charge in [0, 0.05) is 0 Å². The lowest BCUT2D eigenvalue weighted by Gasteiger charge is -2.34. The third-order valence-electron chi connectivity index (χ3n) is 2.08. The molecule has 0 aliphatic heterocycles. The van der Waals surface area contributed by atoms with E-state index in [9.17, 15) is 57.1 Å². The summed E-state index contributed by atoms with van der Waals surface area (Å²) in [5, 5.41) is 0. The smallest absolute Gasteiger partial charge is 0.460 e. The number of halogens is 13. The molecule has 0 N–H and O–H groups in total. The summed E-state index contributed by atoms with van der Waals surface area (Å²) >= 11 is 0. The predicted molar refractivity (Wildman–Crippen MR) is 42.1 cm³/mol. The quantitative estimate of drug-likeness (QED) is 0.514. The first-order chi connectivity index (χ1) is 9.35. The molecule has 0 saturated carbocycles. The Kier molecular flexibility index (Phi) is 5.03. The molecular formula is C8H3F13O. The van der Waals surface area contributed by atoms with Gasteiger partial charge < -0.3 is 4.74 Å². The van der Waals surface area contributed by atoms with E-state index < -0.39 is 41.7 Å². The fraction of sp³-hybridized carbons (Fsp3) is 0.750. The molecule has 0 unspecified atom stereocenters. The van der Waals surface area contributed by atoms with Crippen LogP contribution in [0.3, 0.4) is 0 Å². The molecule has 0 spiro atoms. The van der Waals surface area contributed by atoms with E-state index in [1.54, 1.807) is 0 Å². The van der Waals surface area contributed by atoms with Crippen molar-refractivity contribution in [2.45, 2.75) is 30.1 Å². The van der Waals surface area contributed by atoms with Gasteiger partial charge >= 0.3 is 30.1 Å². The lowest BCUT2D eigenvalue weighted by Crippen LogP contribution is -2.61. The summed E-state index contributed by atoms with van der Waals surface area (Å²) in [6, 6.07) is 0. The minimum Gasteiger partial charge on any atom is -0.492 e. The number of ether oxygens (including phenoxy) is 1. The van der Waals surface area contributed by atoms with E-state index in [0.717, 1.165) is 0 Å². The standard InChI is InChI=1S/C8H3F13O/c1-22-3(2(9)5(12,13)14)4(10,11)6(15,16)7(17,18)8(19,20)21/h1H3. The zero-order valence-corrected chi connectivity index (χ0v) is 9.82. The number of hydrogen-bond donors (Lipinski definition) is 0. The molecule has 0 radical (unpaired) electrons. The van der Waals surface area contributed by atoms with Crippen LogP contribution in [-0.4, -0.2) is 37.2 Å². The maximum Gasteiger partial charge on any atom is 0.460 e. The molecule has 0 atom stereocenters. The molecule has 0 saturated heterocycles. The molecular weight excluding hydrogens is 359 g/mol. The number of rotatable bonds is 4. The lowest BCUT2D eigenvalue weighted by atomic mass is 10.0. The van der Waals surface area contributed by atoms with Crippen molar-refractivity contribution >= 4 is 0 Å². The van der Waals surface area contributed by atoms with Gasteiger partial charge in [0.2, 0.25) is 11.6 Å². The molecule has 0 rings (SSSR count). The van der Waals surface area contributed by atoms with Crippen molar-refractivity contribution < 1.29 is 61.8 Å². The van der Waals surface area contributed by atoms with E-state index in [4.69, 9.17) is 0 Å². The summed E-state index contributed by atoms with van der Waals surface area (Å²) in [5.41, 5.74) is 0. The molecule has 14 heteroatoms. The van der Waals surface area contributed by atoms with Crippen LogP contribution in [-0.2, 0) is 4.74 Å². The van der Waals surface area contributed by atoms with Gasteiger partial charge in [0.25, 0.3) is 0 Å². The van der Waals surface area contributed by atoms with Gasteiger partial charge in [-0.15, -0.1) is 0 Å². The Morgan fingerprint density at radius 1 is 0.682 bits per heavy atom. The average molecular weight is 362 g/mol. The molecule has 22 heavy (non-hydrogen) atoms. The van der Waals surface area contributed by atoms with E-state index in [0.29, 0.717) is 0 Å². The topological polar surface area (TPSA) is 9.23 Å². The van der Waals surface area contributed by atoms with Crippen molar-refractivity contribution in [3.8, 4) is 0 Å². The second kappa shape index (κ2) is 5.37. The van der Waals surface area contributed by atoms with Crippen LogP contribution in [0.2, 0.25) is 0 Å². The van der Waals surface area contributed by atoms with E-state index in [1.165, 1.54) is 0 Å². The van der Waals surface area contributed by atoms with Crippen molar-refractivity contribution in [3.05, 3.63) is 11.6 Å². The number of alkyl halides is 12. The Balaban J connectivity index is 6.33. The third-order valence-corrected chi connectivity index (χ3v) is 2.08. The van der Waals surface area contributed by atoms with Crippen LogP contribution >= 0.6 is 0 Å². The van der Waals surface area contributed by atoms with Gasteiger partial charge in [0.1, 0.15) is 0 Å². The molecule has 0 aliphatic rings. The first-order valence-electron chi connectivity index (χ1n) is 4.57. The molecule has 0 aromatic rings. The van der Waals surface area contributed by atoms with Gasteiger partial charge in [-0.05, 0) is 0 Å². The van der Waals surface area contributed by atoms with E-state index in [2.05, 4.69) is 4.74 Å². The normalized spacial score (nSPS) is 16.5. The first-order valence-corrected chi connectivity index (χ1v) is 4.57. The van der Waals surface area contributed by atoms with E-state index in [-0.39, 0.29) is 7.11 Å². The van der Waals surface area contributed by atoms with Crippen LogP contribution in [0.4, 0.5) is 57.1 Å². The fourth-order valence-electron chi connectivity index (χ4n) is 1.00. The van der Waals surface area contributed by atoms with Gasteiger partial charge in [-0.3, -0.25) is 0 Å². The number of allylic oxidation sites excluding steroid dienone is 2. The third kappa shape index (κ3) is 3.04. The average Bonchev–Trinajstić information content (AvgIpc) is 2.25. The Morgan fingerprint density at radius 3 is 1.27 bits per heavy atom. The zero-order chi connectivity index (χ0) is 18.4. The highest BCUT2D eigenvalue weighted by atomic mass is 19.4. The summed E-state index contributed by atoms with van der Waals surface area (Å²) in [4.78, 5) is 0. The molecule has 0 bridgehead atoms. The van der Waals surface area contributed by atoms with Crippen molar-refractivity contribution in [2.24, 2.45) is 0 Å². The van der Waals surface area contributed by atoms with Crippen molar-refractivity contribution in [1.29, 1.82) is 0 Å². The van der Waals surface area contributed by atoms with Crippen LogP contribution in [0.1, 0.15) is 0 Å². The molecule has 0 amide bonds. The summed E-state index contributed by atoms with van der Waals surface area (Å²) in [7, 11) is -0.254. The molecule has 0 aromatic carbocycles.